The molecule has 0 aliphatic carbocycles. The van der Waals surface area contributed by atoms with Crippen LogP contribution in [0.4, 0.5) is 0 Å². The molecule has 0 saturated heterocycles. The summed E-state index contributed by atoms with van der Waals surface area (Å²) < 4.78 is 7.01. The van der Waals surface area contributed by atoms with Gasteiger partial charge in [0.2, 0.25) is 0 Å². The Kier molecular flexibility index (Phi) is 4.04. The van der Waals surface area contributed by atoms with Crippen molar-refractivity contribution in [3.05, 3.63) is 42.2 Å². The molecular formula is C13H15N2O2S+. The highest BCUT2D eigenvalue weighted by molar-refractivity contribution is 7.99. The Labute approximate surface area is 110 Å². The average molecular weight is 263 g/mol. The molecule has 4 nitrogen and oxygen atoms in total. The van der Waals surface area contributed by atoms with E-state index < -0.39 is 0 Å². The van der Waals surface area contributed by atoms with Gasteiger partial charge in [-0.15, -0.1) is 0 Å². The molecule has 0 fully saturated rings. The first-order valence-corrected chi connectivity index (χ1v) is 6.52. The second-order valence-electron chi connectivity index (χ2n) is 3.82. The monoisotopic (exact) mass is 263 g/mol. The molecule has 1 aromatic carbocycles. The molecule has 0 aliphatic heterocycles. The number of methoxy groups -OCH3 is 1. The van der Waals surface area contributed by atoms with Gasteiger partial charge < -0.3 is 4.74 Å². The minimum Gasteiger partial charge on any atom is -0.497 e. The lowest BCUT2D eigenvalue weighted by atomic mass is 10.1. The number of hydrogen-bond donors (Lipinski definition) is 1. The Bertz CT molecular complexity index is 534. The summed E-state index contributed by atoms with van der Waals surface area (Å²) in [7, 11) is 3.55. The summed E-state index contributed by atoms with van der Waals surface area (Å²) in [6.07, 6.45) is 3.76. The number of nitrogens with zero attached hydrogens (tertiary/aromatic N) is 1. The average Bonchev–Trinajstić information content (AvgIpc) is 2.81. The third-order valence-electron chi connectivity index (χ3n) is 2.58. The molecule has 0 bridgehead atoms. The predicted octanol–water partition coefficient (Wildman–Crippen LogP) is 1.82. The predicted molar refractivity (Wildman–Crippen MR) is 70.0 cm³/mol. The molecule has 18 heavy (non-hydrogen) atoms. The van der Waals surface area contributed by atoms with Crippen molar-refractivity contribution in [2.24, 2.45) is 7.05 Å². The molecule has 94 valence electrons. The summed E-state index contributed by atoms with van der Waals surface area (Å²) in [5, 5.41) is 0.969. The second-order valence-corrected chi connectivity index (χ2v) is 4.78. The number of H-pyrrole nitrogens is 1. The van der Waals surface area contributed by atoms with Gasteiger partial charge in [0, 0.05) is 5.56 Å². The van der Waals surface area contributed by atoms with E-state index in [9.17, 15) is 4.79 Å². The summed E-state index contributed by atoms with van der Waals surface area (Å²) in [4.78, 5) is 15.1. The van der Waals surface area contributed by atoms with E-state index in [1.807, 2.05) is 24.0 Å². The van der Waals surface area contributed by atoms with Gasteiger partial charge in [-0.3, -0.25) is 4.79 Å². The summed E-state index contributed by atoms with van der Waals surface area (Å²) in [6.45, 7) is 0. The zero-order valence-corrected chi connectivity index (χ0v) is 11.2. The van der Waals surface area contributed by atoms with Crippen molar-refractivity contribution in [2.45, 2.75) is 5.16 Å². The quantitative estimate of drug-likeness (QED) is 0.508. The van der Waals surface area contributed by atoms with Crippen LogP contribution in [0.2, 0.25) is 0 Å². The number of ether oxygens (including phenoxy) is 1. The fourth-order valence-electron chi connectivity index (χ4n) is 1.53. The van der Waals surface area contributed by atoms with E-state index in [1.54, 1.807) is 31.4 Å². The van der Waals surface area contributed by atoms with Crippen LogP contribution in [0.5, 0.6) is 5.75 Å². The highest BCUT2D eigenvalue weighted by Gasteiger charge is 2.12. The van der Waals surface area contributed by atoms with Gasteiger partial charge in [-0.05, 0) is 36.0 Å². The van der Waals surface area contributed by atoms with Crippen molar-refractivity contribution in [1.82, 2.24) is 4.98 Å². The van der Waals surface area contributed by atoms with Crippen LogP contribution < -0.4 is 9.30 Å². The molecule has 0 atom stereocenters. The van der Waals surface area contributed by atoms with E-state index in [0.29, 0.717) is 11.3 Å². The fourth-order valence-corrected chi connectivity index (χ4v) is 2.38. The number of Topliss-reactive ketones (excluding diaryl/α,β-unsaturated/α-hetero) is 1. The van der Waals surface area contributed by atoms with Crippen LogP contribution in [0.15, 0.2) is 41.8 Å². The Hall–Kier alpha value is -1.75. The highest BCUT2D eigenvalue weighted by atomic mass is 32.2. The van der Waals surface area contributed by atoms with Gasteiger partial charge in [0.15, 0.2) is 5.78 Å². The van der Waals surface area contributed by atoms with E-state index in [4.69, 9.17) is 4.74 Å². The molecule has 2 aromatic rings. The molecule has 2 rings (SSSR count). The van der Waals surface area contributed by atoms with Crippen molar-refractivity contribution in [3.63, 3.8) is 0 Å². The zero-order chi connectivity index (χ0) is 13.0. The van der Waals surface area contributed by atoms with Gasteiger partial charge in [-0.2, -0.15) is 0 Å². The van der Waals surface area contributed by atoms with Crippen LogP contribution in [0.1, 0.15) is 10.4 Å². The molecule has 1 N–H and O–H groups in total. The number of rotatable bonds is 5. The Morgan fingerprint density at radius 2 is 2.11 bits per heavy atom. The number of thioether (sulfide) groups is 1. The van der Waals surface area contributed by atoms with E-state index in [-0.39, 0.29) is 5.78 Å². The lowest BCUT2D eigenvalue weighted by Crippen LogP contribution is -2.27. The number of hydrogen-bond acceptors (Lipinski definition) is 3. The van der Waals surface area contributed by atoms with Gasteiger partial charge in [0.05, 0.1) is 19.9 Å². The van der Waals surface area contributed by atoms with Crippen molar-refractivity contribution < 1.29 is 14.1 Å². The number of benzene rings is 1. The van der Waals surface area contributed by atoms with Crippen LogP contribution >= 0.6 is 11.8 Å². The number of nitrogens with one attached hydrogen (secondary N) is 1. The van der Waals surface area contributed by atoms with Gasteiger partial charge in [0.25, 0.3) is 0 Å². The SMILES string of the molecule is COc1ccc(C(=O)CSc2[nH]cc[n+]2C)cc1. The normalized spacial score (nSPS) is 10.3. The zero-order valence-electron chi connectivity index (χ0n) is 10.3. The summed E-state index contributed by atoms with van der Waals surface area (Å²) in [5.41, 5.74) is 0.706. The number of carbonyl (C=O) groups excluding carboxylic acids is 1. The number of ketones is 1. The number of aromatic nitrogens is 2. The summed E-state index contributed by atoms with van der Waals surface area (Å²) in [6, 6.07) is 7.17. The minimum absolute atomic E-state index is 0.109. The molecular weight excluding hydrogens is 248 g/mol. The fraction of sp³-hybridized carbons (Fsp3) is 0.231. The summed E-state index contributed by atoms with van der Waals surface area (Å²) >= 11 is 1.49. The topological polar surface area (TPSA) is 46.0 Å². The first-order chi connectivity index (χ1) is 8.70. The van der Waals surface area contributed by atoms with Crippen LogP contribution in [-0.4, -0.2) is 23.6 Å². The van der Waals surface area contributed by atoms with Crippen molar-refractivity contribution in [1.29, 1.82) is 0 Å². The van der Waals surface area contributed by atoms with Crippen LogP contribution in [0, 0.1) is 0 Å². The molecule has 0 unspecified atom stereocenters. The molecule has 0 saturated carbocycles. The maximum absolute atomic E-state index is 12.0. The third kappa shape index (κ3) is 2.92. The Morgan fingerprint density at radius 3 is 2.67 bits per heavy atom. The molecule has 0 radical (unpaired) electrons. The smallest absolute Gasteiger partial charge is 0.315 e. The molecule has 1 aromatic heterocycles. The molecule has 1 heterocycles. The van der Waals surface area contributed by atoms with Gasteiger partial charge in [-0.1, -0.05) is 0 Å². The first-order valence-electron chi connectivity index (χ1n) is 5.54. The van der Waals surface area contributed by atoms with Crippen LogP contribution in [-0.2, 0) is 7.05 Å². The van der Waals surface area contributed by atoms with Gasteiger partial charge >= 0.3 is 5.16 Å². The number of aromatic amines is 1. The number of imidazole rings is 1. The van der Waals surface area contributed by atoms with E-state index in [0.717, 1.165) is 10.9 Å². The van der Waals surface area contributed by atoms with Crippen LogP contribution in [0.3, 0.4) is 0 Å². The maximum atomic E-state index is 12.0. The lowest BCUT2D eigenvalue weighted by molar-refractivity contribution is -0.708. The van der Waals surface area contributed by atoms with E-state index >= 15 is 0 Å². The molecule has 0 amide bonds. The Balaban J connectivity index is 1.97. The molecule has 5 heteroatoms. The number of carbonyl (C=O) groups is 1. The molecule has 0 aliphatic rings. The Morgan fingerprint density at radius 1 is 1.39 bits per heavy atom. The third-order valence-corrected chi connectivity index (χ3v) is 3.66. The lowest BCUT2D eigenvalue weighted by Gasteiger charge is -2.01. The van der Waals surface area contributed by atoms with Crippen molar-refractivity contribution >= 4 is 17.5 Å². The second kappa shape index (κ2) is 5.73. The molecule has 0 spiro atoms. The number of aryl methyl sites for hydroxylation is 1. The van der Waals surface area contributed by atoms with Gasteiger partial charge in [0.1, 0.15) is 18.1 Å². The summed E-state index contributed by atoms with van der Waals surface area (Å²) in [5.74, 6) is 1.29. The maximum Gasteiger partial charge on any atom is 0.315 e. The minimum atomic E-state index is 0.109. The first kappa shape index (κ1) is 12.7. The highest BCUT2D eigenvalue weighted by Crippen LogP contribution is 2.16. The largest absolute Gasteiger partial charge is 0.497 e. The van der Waals surface area contributed by atoms with Gasteiger partial charge in [-0.25, -0.2) is 9.55 Å². The van der Waals surface area contributed by atoms with E-state index in [1.165, 1.54) is 11.8 Å². The van der Waals surface area contributed by atoms with Crippen molar-refractivity contribution in [2.75, 3.05) is 12.9 Å². The standard InChI is InChI=1S/C13H14N2O2S/c1-15-8-7-14-13(15)18-9-12(16)10-3-5-11(17-2)6-4-10/h3-8H,9H2,1-2H3/p+1. The van der Waals surface area contributed by atoms with Crippen LogP contribution in [0.25, 0.3) is 0 Å². The van der Waals surface area contributed by atoms with E-state index in [2.05, 4.69) is 4.98 Å². The van der Waals surface area contributed by atoms with Crippen molar-refractivity contribution in [3.8, 4) is 5.75 Å².